The third-order valence-corrected chi connectivity index (χ3v) is 11.2. The number of likely N-dealkylation sites (tertiary alicyclic amines) is 1. The van der Waals surface area contributed by atoms with Crippen molar-refractivity contribution in [1.82, 2.24) is 18.8 Å². The zero-order chi connectivity index (χ0) is 28.6. The third kappa shape index (κ3) is 5.37. The normalized spacial score (nSPS) is 17.5. The minimum atomic E-state index is -3.95. The lowest BCUT2D eigenvalue weighted by atomic mass is 9.80. The molecule has 6 rings (SSSR count). The van der Waals surface area contributed by atoms with Crippen LogP contribution in [0.2, 0.25) is 5.02 Å². The van der Waals surface area contributed by atoms with Crippen molar-refractivity contribution in [3.05, 3.63) is 70.1 Å². The van der Waals surface area contributed by atoms with Crippen molar-refractivity contribution < 1.29 is 17.9 Å². The number of hydrogen-bond donors (Lipinski definition) is 0. The molecule has 41 heavy (non-hydrogen) atoms. The number of thiazole rings is 1. The molecule has 0 atom stereocenters. The van der Waals surface area contributed by atoms with Gasteiger partial charge in [-0.3, -0.25) is 4.90 Å². The molecule has 0 N–H and O–H groups in total. The number of ether oxygens (including phenoxy) is 2. The topological polar surface area (TPSA) is 86.6 Å². The van der Waals surface area contributed by atoms with Gasteiger partial charge in [0, 0.05) is 37.0 Å². The van der Waals surface area contributed by atoms with Gasteiger partial charge in [-0.1, -0.05) is 35.4 Å². The second-order valence-electron chi connectivity index (χ2n) is 10.7. The Labute approximate surface area is 249 Å². The molecular formula is C30H33ClN4O4S2. The largest absolute Gasteiger partial charge is 0.359 e. The Morgan fingerprint density at radius 1 is 1.10 bits per heavy atom. The van der Waals surface area contributed by atoms with E-state index in [0.29, 0.717) is 27.3 Å². The van der Waals surface area contributed by atoms with Gasteiger partial charge in [-0.05, 0) is 76.4 Å². The number of benzene rings is 1. The number of pyridine rings is 1. The minimum absolute atomic E-state index is 0.196. The van der Waals surface area contributed by atoms with Crippen LogP contribution >= 0.6 is 22.9 Å². The van der Waals surface area contributed by atoms with E-state index >= 15 is 0 Å². The Morgan fingerprint density at radius 3 is 2.54 bits per heavy atom. The van der Waals surface area contributed by atoms with Crippen molar-refractivity contribution in [3.8, 4) is 10.4 Å². The van der Waals surface area contributed by atoms with Crippen molar-refractivity contribution in [2.24, 2.45) is 0 Å². The fourth-order valence-electron chi connectivity index (χ4n) is 5.53. The molecule has 4 aromatic rings. The molecule has 3 aromatic heterocycles. The van der Waals surface area contributed by atoms with Crippen molar-refractivity contribution in [3.63, 3.8) is 0 Å². The molecular weight excluding hydrogens is 580 g/mol. The Morgan fingerprint density at radius 2 is 1.85 bits per heavy atom. The average Bonchev–Trinajstić information content (AvgIpc) is 3.69. The molecule has 11 heteroatoms. The van der Waals surface area contributed by atoms with Gasteiger partial charge in [0.25, 0.3) is 10.0 Å². The van der Waals surface area contributed by atoms with E-state index in [1.54, 1.807) is 37.6 Å². The van der Waals surface area contributed by atoms with Gasteiger partial charge in [-0.2, -0.15) is 0 Å². The molecule has 1 aromatic carbocycles. The fourth-order valence-corrected chi connectivity index (χ4v) is 8.49. The van der Waals surface area contributed by atoms with E-state index in [4.69, 9.17) is 26.1 Å². The Bertz CT molecular complexity index is 1690. The number of methoxy groups -OCH3 is 1. The van der Waals surface area contributed by atoms with Crippen LogP contribution in [0.3, 0.4) is 0 Å². The van der Waals surface area contributed by atoms with E-state index in [-0.39, 0.29) is 11.7 Å². The predicted molar refractivity (Wildman–Crippen MR) is 163 cm³/mol. The molecule has 2 fully saturated rings. The Kier molecular flexibility index (Phi) is 8.06. The first kappa shape index (κ1) is 28.5. The third-order valence-electron chi connectivity index (χ3n) is 7.93. The first-order valence-corrected chi connectivity index (χ1v) is 16.5. The van der Waals surface area contributed by atoms with Gasteiger partial charge in [0.2, 0.25) is 0 Å². The van der Waals surface area contributed by atoms with Gasteiger partial charge in [0.1, 0.15) is 17.4 Å². The summed E-state index contributed by atoms with van der Waals surface area (Å²) in [4.78, 5) is 12.7. The van der Waals surface area contributed by atoms with Gasteiger partial charge >= 0.3 is 0 Å². The molecule has 1 saturated heterocycles. The maximum Gasteiger partial charge on any atom is 0.269 e. The smallest absolute Gasteiger partial charge is 0.269 e. The Hall–Kier alpha value is -2.60. The van der Waals surface area contributed by atoms with E-state index < -0.39 is 15.6 Å². The Balaban J connectivity index is 1.48. The first-order chi connectivity index (χ1) is 19.8. The summed E-state index contributed by atoms with van der Waals surface area (Å²) in [6.07, 6.45) is 12.4. The zero-order valence-corrected chi connectivity index (χ0v) is 25.6. The molecule has 0 unspecified atom stereocenters. The van der Waals surface area contributed by atoms with E-state index in [9.17, 15) is 8.42 Å². The number of halogens is 1. The summed E-state index contributed by atoms with van der Waals surface area (Å²) < 4.78 is 40.7. The highest BCUT2D eigenvalue weighted by atomic mass is 35.5. The standard InChI is InChI=1S/C30H33ClN4O4S2/c1-21-8-10-23(11-9-21)41(36,37)35-22(7-5-16-34-14-3-4-15-34)17-24-27(25(31)18-32-28(24)35)26-19-33-29(40-26)30(12-6-13-30)39-20-38-2/h5,7-11,17-19H,3-4,6,12-16,20H2,1-2H3/b7-5+. The highest BCUT2D eigenvalue weighted by Crippen LogP contribution is 2.48. The molecule has 1 saturated carbocycles. The van der Waals surface area contributed by atoms with E-state index in [0.717, 1.165) is 54.3 Å². The molecule has 8 nitrogen and oxygen atoms in total. The summed E-state index contributed by atoms with van der Waals surface area (Å²) in [5, 5.41) is 1.96. The maximum absolute atomic E-state index is 14.1. The fraction of sp³-hybridized carbons (Fsp3) is 0.400. The van der Waals surface area contributed by atoms with E-state index in [1.807, 2.05) is 25.1 Å². The van der Waals surface area contributed by atoms with Crippen LogP contribution in [0.15, 0.2) is 53.7 Å². The quantitative estimate of drug-likeness (QED) is 0.190. The second-order valence-corrected chi connectivity index (χ2v) is 13.9. The number of hydrogen-bond acceptors (Lipinski definition) is 8. The summed E-state index contributed by atoms with van der Waals surface area (Å²) in [5.74, 6) is 0. The number of rotatable bonds is 10. The van der Waals surface area contributed by atoms with Crippen molar-refractivity contribution in [2.75, 3.05) is 33.5 Å². The van der Waals surface area contributed by atoms with Crippen LogP contribution in [-0.4, -0.2) is 60.8 Å². The number of aryl methyl sites for hydroxylation is 1. The highest BCUT2D eigenvalue weighted by Gasteiger charge is 2.43. The first-order valence-electron chi connectivity index (χ1n) is 13.8. The van der Waals surface area contributed by atoms with Crippen LogP contribution in [0.25, 0.3) is 27.6 Å². The van der Waals surface area contributed by atoms with Crippen molar-refractivity contribution in [1.29, 1.82) is 0 Å². The van der Waals surface area contributed by atoms with E-state index in [2.05, 4.69) is 9.88 Å². The van der Waals surface area contributed by atoms with Crippen LogP contribution in [0.1, 0.15) is 48.4 Å². The number of aromatic nitrogens is 3. The predicted octanol–water partition coefficient (Wildman–Crippen LogP) is 6.47. The molecule has 0 bridgehead atoms. The maximum atomic E-state index is 14.1. The number of fused-ring (bicyclic) bond motifs is 1. The lowest BCUT2D eigenvalue weighted by molar-refractivity contribution is -0.171. The van der Waals surface area contributed by atoms with Gasteiger partial charge < -0.3 is 9.47 Å². The van der Waals surface area contributed by atoms with Crippen LogP contribution < -0.4 is 0 Å². The molecule has 216 valence electrons. The summed E-state index contributed by atoms with van der Waals surface area (Å²) >= 11 is 8.29. The molecule has 2 aliphatic rings. The van der Waals surface area contributed by atoms with E-state index in [1.165, 1.54) is 34.3 Å². The molecule has 1 aliphatic carbocycles. The second kappa shape index (κ2) is 11.6. The summed E-state index contributed by atoms with van der Waals surface area (Å²) in [6, 6.07) is 8.75. The monoisotopic (exact) mass is 612 g/mol. The zero-order valence-electron chi connectivity index (χ0n) is 23.2. The van der Waals surface area contributed by atoms with Gasteiger partial charge in [-0.15, -0.1) is 11.3 Å². The summed E-state index contributed by atoms with van der Waals surface area (Å²) in [7, 11) is -2.34. The lowest BCUT2D eigenvalue weighted by Crippen LogP contribution is -2.37. The van der Waals surface area contributed by atoms with Crippen LogP contribution in [0.5, 0.6) is 0 Å². The SMILES string of the molecule is COCOC1(c2ncc(-c3c(Cl)cnc4c3cc(/C=C/CN3CCCC3)n4S(=O)(=O)c3ccc(C)cc3)s2)CCC1. The number of nitrogens with zero attached hydrogens (tertiary/aromatic N) is 4. The van der Waals surface area contributed by atoms with Crippen LogP contribution in [-0.2, 0) is 25.1 Å². The van der Waals surface area contributed by atoms with Crippen LogP contribution in [0, 0.1) is 6.92 Å². The van der Waals surface area contributed by atoms with Crippen molar-refractivity contribution >= 4 is 50.1 Å². The summed E-state index contributed by atoms with van der Waals surface area (Å²) in [6.45, 7) is 5.00. The average molecular weight is 613 g/mol. The van der Waals surface area contributed by atoms with Gasteiger partial charge in [0.05, 0.1) is 20.5 Å². The molecule has 4 heterocycles. The highest BCUT2D eigenvalue weighted by molar-refractivity contribution is 7.90. The van der Waals surface area contributed by atoms with Gasteiger partial charge in [-0.25, -0.2) is 22.4 Å². The minimum Gasteiger partial charge on any atom is -0.359 e. The van der Waals surface area contributed by atoms with Crippen LogP contribution in [0.4, 0.5) is 0 Å². The molecule has 0 spiro atoms. The lowest BCUT2D eigenvalue weighted by Gasteiger charge is -2.39. The van der Waals surface area contributed by atoms with Crippen molar-refractivity contribution in [2.45, 2.75) is 49.5 Å². The molecule has 1 aliphatic heterocycles. The summed E-state index contributed by atoms with van der Waals surface area (Å²) in [5.41, 5.74) is 2.10. The molecule has 0 radical (unpaired) electrons. The van der Waals surface area contributed by atoms with Gasteiger partial charge in [0.15, 0.2) is 5.65 Å². The molecule has 0 amide bonds.